The summed E-state index contributed by atoms with van der Waals surface area (Å²) in [6.07, 6.45) is 2.90. The summed E-state index contributed by atoms with van der Waals surface area (Å²) < 4.78 is 0. The summed E-state index contributed by atoms with van der Waals surface area (Å²) in [6, 6.07) is 2.97. The number of aliphatic hydroxyl groups excluding tert-OH is 1. The predicted molar refractivity (Wildman–Crippen MR) is 61.6 cm³/mol. The molecule has 0 aliphatic heterocycles. The van der Waals surface area contributed by atoms with E-state index in [0.717, 1.165) is 7.11 Å². The van der Waals surface area contributed by atoms with Gasteiger partial charge >= 0.3 is 17.1 Å². The summed E-state index contributed by atoms with van der Waals surface area (Å²) >= 11 is 0. The van der Waals surface area contributed by atoms with Crippen molar-refractivity contribution in [2.75, 3.05) is 7.11 Å². The van der Waals surface area contributed by atoms with E-state index in [1.165, 1.54) is 31.5 Å². The summed E-state index contributed by atoms with van der Waals surface area (Å²) in [4.78, 5) is 25.3. The van der Waals surface area contributed by atoms with E-state index in [2.05, 4.69) is 15.5 Å². The normalized spacial score (nSPS) is 8.89. The van der Waals surface area contributed by atoms with E-state index >= 15 is 0 Å². The fraction of sp³-hybridized carbons (Fsp3) is 0.200. The van der Waals surface area contributed by atoms with Crippen LogP contribution in [0.5, 0.6) is 0 Å². The van der Waals surface area contributed by atoms with Crippen LogP contribution >= 0.6 is 0 Å². The Labute approximate surface area is 120 Å². The molecule has 0 aliphatic rings. The molecule has 1 aromatic rings. The standard InChI is InChI=1S/C9H9N3O3.CH4O.Cu.H2O/c1-6(9(14)15)11-12-8(13)7-2-4-10-5-3-7;1-2;;/h2-5H,1H3,(H,12,13)(H,14,15);2H,1H3;;1H2/q;;+1;/p-1/b11-6+;;;. The number of aliphatic hydroxyl groups is 1. The Balaban J connectivity index is -0.000000609. The van der Waals surface area contributed by atoms with E-state index in [1.54, 1.807) is 0 Å². The van der Waals surface area contributed by atoms with Crippen LogP contribution in [0.15, 0.2) is 29.6 Å². The predicted octanol–water partition coefficient (Wildman–Crippen LogP) is -2.28. The van der Waals surface area contributed by atoms with Crippen molar-refractivity contribution < 1.29 is 42.3 Å². The van der Waals surface area contributed by atoms with Gasteiger partial charge in [-0.15, -0.1) is 0 Å². The molecule has 0 fully saturated rings. The number of carbonyl (C=O) groups is 2. The van der Waals surface area contributed by atoms with Crippen LogP contribution in [0.2, 0.25) is 0 Å². The van der Waals surface area contributed by atoms with Crippen molar-refractivity contribution in [3.05, 3.63) is 30.1 Å². The molecule has 9 heteroatoms. The summed E-state index contributed by atoms with van der Waals surface area (Å²) in [5, 5.41) is 20.6. The number of nitrogens with one attached hydrogen (secondary N) is 1. The topological polar surface area (TPSA) is 146 Å². The molecule has 1 amide bonds. The average molecular weight is 320 g/mol. The maximum atomic E-state index is 11.3. The Kier molecular flexibility index (Phi) is 14.9. The van der Waals surface area contributed by atoms with Crippen molar-refractivity contribution in [3.63, 3.8) is 0 Å². The third-order valence-corrected chi connectivity index (χ3v) is 1.56. The molecule has 19 heavy (non-hydrogen) atoms. The molecule has 0 radical (unpaired) electrons. The van der Waals surface area contributed by atoms with E-state index in [1.807, 2.05) is 0 Å². The first-order valence-electron chi connectivity index (χ1n) is 4.52. The molecule has 110 valence electrons. The zero-order valence-electron chi connectivity index (χ0n) is 10.2. The SMILES string of the molecule is C/C(=N\NC(=O)c1ccncc1)C(=O)[O-].CO.O.[Cu+]. The number of hydrogen-bond acceptors (Lipinski definition) is 6. The van der Waals surface area contributed by atoms with Crippen molar-refractivity contribution in [3.8, 4) is 0 Å². The molecule has 0 saturated carbocycles. The minimum atomic E-state index is -1.43. The number of nitrogens with zero attached hydrogens (tertiary/aromatic N) is 2. The second kappa shape index (κ2) is 12.7. The number of amides is 1. The molecule has 0 aromatic carbocycles. The third-order valence-electron chi connectivity index (χ3n) is 1.56. The van der Waals surface area contributed by atoms with Gasteiger partial charge in [0.1, 0.15) is 0 Å². The second-order valence-corrected chi connectivity index (χ2v) is 2.66. The van der Waals surface area contributed by atoms with Crippen molar-refractivity contribution >= 4 is 17.6 Å². The maximum Gasteiger partial charge on any atom is 1.00 e. The molecule has 0 aliphatic carbocycles. The zero-order chi connectivity index (χ0) is 13.3. The van der Waals surface area contributed by atoms with Crippen LogP contribution < -0.4 is 10.5 Å². The van der Waals surface area contributed by atoms with Gasteiger partial charge in [-0.1, -0.05) is 0 Å². The molecule has 8 nitrogen and oxygen atoms in total. The zero-order valence-corrected chi connectivity index (χ0v) is 11.1. The molecule has 0 bridgehead atoms. The van der Waals surface area contributed by atoms with Crippen LogP contribution in [0.3, 0.4) is 0 Å². The number of carboxylic acid groups (broad SMARTS) is 1. The number of pyridine rings is 1. The Morgan fingerprint density at radius 2 is 1.79 bits per heavy atom. The van der Waals surface area contributed by atoms with Gasteiger partial charge in [-0.3, -0.25) is 9.78 Å². The van der Waals surface area contributed by atoms with Crippen LogP contribution in [0.1, 0.15) is 17.3 Å². The number of carboxylic acids is 1. The van der Waals surface area contributed by atoms with Gasteiger partial charge in [0.05, 0.1) is 11.7 Å². The molecular weight excluding hydrogens is 306 g/mol. The van der Waals surface area contributed by atoms with Gasteiger partial charge in [0.15, 0.2) is 0 Å². The maximum absolute atomic E-state index is 11.3. The van der Waals surface area contributed by atoms with Crippen LogP contribution in [-0.4, -0.2) is 40.3 Å². The molecule has 0 saturated heterocycles. The fourth-order valence-electron chi connectivity index (χ4n) is 0.748. The van der Waals surface area contributed by atoms with Gasteiger partial charge in [0.2, 0.25) is 0 Å². The van der Waals surface area contributed by atoms with Crippen LogP contribution in [0.25, 0.3) is 0 Å². The number of hydrazone groups is 1. The number of aliphatic carboxylic acids is 1. The molecule has 1 aromatic heterocycles. The van der Waals surface area contributed by atoms with E-state index in [-0.39, 0.29) is 28.3 Å². The second-order valence-electron chi connectivity index (χ2n) is 2.66. The van der Waals surface area contributed by atoms with Gasteiger partial charge in [-0.25, -0.2) is 5.43 Å². The number of aromatic nitrogens is 1. The van der Waals surface area contributed by atoms with Crippen molar-refractivity contribution in [1.82, 2.24) is 10.4 Å². The largest absolute Gasteiger partial charge is 1.00 e. The quantitative estimate of drug-likeness (QED) is 0.366. The van der Waals surface area contributed by atoms with Gasteiger partial charge < -0.3 is 20.5 Å². The molecule has 0 spiro atoms. The minimum Gasteiger partial charge on any atom is -0.543 e. The van der Waals surface area contributed by atoms with Gasteiger partial charge in [0.25, 0.3) is 5.91 Å². The first-order chi connectivity index (χ1) is 8.11. The monoisotopic (exact) mass is 319 g/mol. The summed E-state index contributed by atoms with van der Waals surface area (Å²) in [7, 11) is 1.00. The average Bonchev–Trinajstić information content (AvgIpc) is 2.38. The van der Waals surface area contributed by atoms with E-state index < -0.39 is 11.9 Å². The van der Waals surface area contributed by atoms with Crippen molar-refractivity contribution in [2.24, 2.45) is 5.10 Å². The fourth-order valence-corrected chi connectivity index (χ4v) is 0.748. The third kappa shape index (κ3) is 8.86. The minimum absolute atomic E-state index is 0. The first kappa shape index (κ1) is 22.4. The van der Waals surface area contributed by atoms with Crippen LogP contribution in [0.4, 0.5) is 0 Å². The number of rotatable bonds is 3. The van der Waals surface area contributed by atoms with Gasteiger partial charge in [0, 0.05) is 25.1 Å². The van der Waals surface area contributed by atoms with E-state index in [9.17, 15) is 14.7 Å². The van der Waals surface area contributed by atoms with E-state index in [0.29, 0.717) is 5.56 Å². The van der Waals surface area contributed by atoms with Crippen molar-refractivity contribution in [2.45, 2.75) is 6.92 Å². The molecule has 0 unspecified atom stereocenters. The van der Waals surface area contributed by atoms with Crippen LogP contribution in [-0.2, 0) is 21.9 Å². The summed E-state index contributed by atoms with van der Waals surface area (Å²) in [6.45, 7) is 1.22. The Morgan fingerprint density at radius 1 is 1.32 bits per heavy atom. The Morgan fingerprint density at radius 3 is 2.21 bits per heavy atom. The molecule has 4 N–H and O–H groups in total. The summed E-state index contributed by atoms with van der Waals surface area (Å²) in [5.41, 5.74) is 2.13. The molecule has 1 rings (SSSR count). The number of carbonyl (C=O) groups excluding carboxylic acids is 2. The number of hydrogen-bond donors (Lipinski definition) is 2. The molecule has 0 atom stereocenters. The molecular formula is C10H14CuN3O5. The first-order valence-corrected chi connectivity index (χ1v) is 4.52. The summed E-state index contributed by atoms with van der Waals surface area (Å²) in [5.74, 6) is -1.93. The van der Waals surface area contributed by atoms with Gasteiger partial charge in [-0.2, -0.15) is 5.10 Å². The van der Waals surface area contributed by atoms with E-state index in [4.69, 9.17) is 5.11 Å². The van der Waals surface area contributed by atoms with Crippen LogP contribution in [0, 0.1) is 0 Å². The Bertz CT molecular complexity index is 411. The smallest absolute Gasteiger partial charge is 0.543 e. The van der Waals surface area contributed by atoms with Crippen molar-refractivity contribution in [1.29, 1.82) is 0 Å². The Hall–Kier alpha value is -1.80. The molecule has 1 heterocycles. The van der Waals surface area contributed by atoms with Gasteiger partial charge in [-0.05, 0) is 19.1 Å².